The second-order valence-electron chi connectivity index (χ2n) is 5.79. The zero-order valence-electron chi connectivity index (χ0n) is 13.1. The molecule has 0 aromatic heterocycles. The average Bonchev–Trinajstić information content (AvgIpc) is 2.65. The molecule has 5 nitrogen and oxygen atoms in total. The van der Waals surface area contributed by atoms with Gasteiger partial charge in [0, 0.05) is 6.04 Å². The summed E-state index contributed by atoms with van der Waals surface area (Å²) in [6, 6.07) is -0.297. The van der Waals surface area contributed by atoms with Gasteiger partial charge in [-0.05, 0) is 37.7 Å². The highest BCUT2D eigenvalue weighted by molar-refractivity contribution is 7.99. The Morgan fingerprint density at radius 1 is 1.24 bits per heavy atom. The van der Waals surface area contributed by atoms with Gasteiger partial charge in [-0.15, -0.1) is 0 Å². The van der Waals surface area contributed by atoms with E-state index in [2.05, 4.69) is 17.6 Å². The maximum absolute atomic E-state index is 12.1. The van der Waals surface area contributed by atoms with Crippen LogP contribution in [0.15, 0.2) is 0 Å². The fraction of sp³-hybridized carbons (Fsp3) is 0.867. The van der Waals surface area contributed by atoms with Gasteiger partial charge >= 0.3 is 12.0 Å². The van der Waals surface area contributed by atoms with Crippen molar-refractivity contribution in [2.24, 2.45) is 0 Å². The largest absolute Gasteiger partial charge is 0.480 e. The van der Waals surface area contributed by atoms with Crippen LogP contribution in [0, 0.1) is 0 Å². The van der Waals surface area contributed by atoms with Crippen molar-refractivity contribution in [3.05, 3.63) is 0 Å². The third-order valence-corrected chi connectivity index (χ3v) is 4.93. The van der Waals surface area contributed by atoms with E-state index in [9.17, 15) is 14.7 Å². The summed E-state index contributed by atoms with van der Waals surface area (Å²) >= 11 is 1.84. The van der Waals surface area contributed by atoms with Crippen molar-refractivity contribution in [2.45, 2.75) is 70.4 Å². The number of nitrogens with one attached hydrogen (secondary N) is 2. The number of hydrogen-bond donors (Lipinski definition) is 3. The van der Waals surface area contributed by atoms with Gasteiger partial charge in [0.2, 0.25) is 0 Å². The molecule has 1 unspecified atom stereocenters. The quantitative estimate of drug-likeness (QED) is 0.498. The van der Waals surface area contributed by atoms with E-state index in [4.69, 9.17) is 0 Å². The Hall–Kier alpha value is -0.910. The standard InChI is InChI=1S/C15H28N2O3S/c1-3-21-11-8-12(2)16-14(20)17-15(13(18)19)9-6-4-5-7-10-15/h12H,3-11H2,1-2H3,(H,18,19)(H2,16,17,20). The third kappa shape index (κ3) is 6.16. The minimum Gasteiger partial charge on any atom is -0.480 e. The molecule has 6 heteroatoms. The first-order chi connectivity index (χ1) is 10.00. The Balaban J connectivity index is 2.50. The lowest BCUT2D eigenvalue weighted by atomic mass is 9.90. The molecular formula is C15H28N2O3S. The number of carbonyl (C=O) groups excluding carboxylic acids is 1. The molecule has 2 amide bonds. The molecule has 0 heterocycles. The minimum atomic E-state index is -1.08. The maximum Gasteiger partial charge on any atom is 0.329 e. The summed E-state index contributed by atoms with van der Waals surface area (Å²) in [5, 5.41) is 15.1. The van der Waals surface area contributed by atoms with Crippen molar-refractivity contribution in [1.29, 1.82) is 0 Å². The van der Waals surface area contributed by atoms with Crippen molar-refractivity contribution in [1.82, 2.24) is 10.6 Å². The Bertz CT molecular complexity index is 342. The highest BCUT2D eigenvalue weighted by Crippen LogP contribution is 2.27. The molecule has 1 aliphatic carbocycles. The average molecular weight is 316 g/mol. The molecule has 122 valence electrons. The molecular weight excluding hydrogens is 288 g/mol. The lowest BCUT2D eigenvalue weighted by Crippen LogP contribution is -2.58. The first-order valence-corrected chi connectivity index (χ1v) is 9.05. The van der Waals surface area contributed by atoms with Crippen LogP contribution in [0.2, 0.25) is 0 Å². The number of carboxylic acid groups (broad SMARTS) is 1. The molecule has 1 aliphatic rings. The molecule has 0 saturated heterocycles. The monoisotopic (exact) mass is 316 g/mol. The van der Waals surface area contributed by atoms with Crippen LogP contribution >= 0.6 is 11.8 Å². The van der Waals surface area contributed by atoms with Crippen LogP contribution in [0.1, 0.15) is 58.8 Å². The second-order valence-corrected chi connectivity index (χ2v) is 7.18. The van der Waals surface area contributed by atoms with E-state index in [1.807, 2.05) is 18.7 Å². The van der Waals surface area contributed by atoms with Gasteiger partial charge in [-0.25, -0.2) is 9.59 Å². The van der Waals surface area contributed by atoms with Crippen molar-refractivity contribution in [2.75, 3.05) is 11.5 Å². The third-order valence-electron chi connectivity index (χ3n) is 4.00. The van der Waals surface area contributed by atoms with E-state index < -0.39 is 11.5 Å². The molecule has 0 aromatic carbocycles. The second kappa shape index (κ2) is 9.18. The van der Waals surface area contributed by atoms with Gasteiger partial charge in [0.05, 0.1) is 0 Å². The molecule has 0 spiro atoms. The molecule has 1 rings (SSSR count). The van der Waals surface area contributed by atoms with E-state index in [-0.39, 0.29) is 12.1 Å². The van der Waals surface area contributed by atoms with Gasteiger partial charge in [0.1, 0.15) is 5.54 Å². The molecule has 1 atom stereocenters. The van der Waals surface area contributed by atoms with Crippen molar-refractivity contribution >= 4 is 23.8 Å². The smallest absolute Gasteiger partial charge is 0.329 e. The van der Waals surface area contributed by atoms with Gasteiger partial charge in [-0.1, -0.05) is 32.6 Å². The van der Waals surface area contributed by atoms with Crippen LogP contribution in [-0.2, 0) is 4.79 Å². The SMILES string of the molecule is CCSCCC(C)NC(=O)NC1(C(=O)O)CCCCCC1. The number of hydrogen-bond acceptors (Lipinski definition) is 3. The molecule has 0 aromatic rings. The van der Waals surface area contributed by atoms with Crippen LogP contribution in [0.4, 0.5) is 4.79 Å². The molecule has 1 saturated carbocycles. The lowest BCUT2D eigenvalue weighted by Gasteiger charge is -2.30. The summed E-state index contributed by atoms with van der Waals surface area (Å²) in [6.07, 6.45) is 5.74. The lowest BCUT2D eigenvalue weighted by molar-refractivity contribution is -0.145. The van der Waals surface area contributed by atoms with E-state index in [1.165, 1.54) is 0 Å². The summed E-state index contributed by atoms with van der Waals surface area (Å²) in [6.45, 7) is 4.06. The Morgan fingerprint density at radius 2 is 1.86 bits per heavy atom. The number of aliphatic carboxylic acids is 1. The van der Waals surface area contributed by atoms with Gasteiger partial charge in [0.15, 0.2) is 0 Å². The number of urea groups is 1. The fourth-order valence-electron chi connectivity index (χ4n) is 2.68. The topological polar surface area (TPSA) is 78.4 Å². The Labute approximate surface area is 131 Å². The number of carbonyl (C=O) groups is 2. The summed E-state index contributed by atoms with van der Waals surface area (Å²) in [4.78, 5) is 23.7. The van der Waals surface area contributed by atoms with Crippen molar-refractivity contribution in [3.63, 3.8) is 0 Å². The van der Waals surface area contributed by atoms with Crippen LogP contribution < -0.4 is 10.6 Å². The zero-order chi connectivity index (χ0) is 15.7. The number of amides is 2. The Morgan fingerprint density at radius 3 is 2.38 bits per heavy atom. The number of thioether (sulfide) groups is 1. The number of rotatable bonds is 7. The van der Waals surface area contributed by atoms with Crippen molar-refractivity contribution < 1.29 is 14.7 Å². The van der Waals surface area contributed by atoms with Crippen LogP contribution in [-0.4, -0.2) is 40.2 Å². The van der Waals surface area contributed by atoms with Crippen LogP contribution in [0.3, 0.4) is 0 Å². The first-order valence-electron chi connectivity index (χ1n) is 7.90. The molecule has 0 radical (unpaired) electrons. The predicted molar refractivity (Wildman–Crippen MR) is 86.8 cm³/mol. The van der Waals surface area contributed by atoms with Gasteiger partial charge in [-0.2, -0.15) is 11.8 Å². The van der Waals surface area contributed by atoms with Gasteiger partial charge < -0.3 is 15.7 Å². The van der Waals surface area contributed by atoms with E-state index >= 15 is 0 Å². The Kier molecular flexibility index (Phi) is 7.93. The number of carboxylic acids is 1. The summed E-state index contributed by atoms with van der Waals surface area (Å²) in [5.41, 5.74) is -1.08. The zero-order valence-corrected chi connectivity index (χ0v) is 13.9. The normalized spacial score (nSPS) is 19.3. The fourth-order valence-corrected chi connectivity index (χ4v) is 3.49. The van der Waals surface area contributed by atoms with Crippen LogP contribution in [0.5, 0.6) is 0 Å². The molecule has 3 N–H and O–H groups in total. The summed E-state index contributed by atoms with van der Waals surface area (Å²) in [7, 11) is 0. The predicted octanol–water partition coefficient (Wildman–Crippen LogP) is 2.99. The van der Waals surface area contributed by atoms with Gasteiger partial charge in [0.25, 0.3) is 0 Å². The summed E-state index contributed by atoms with van der Waals surface area (Å²) < 4.78 is 0. The highest BCUT2D eigenvalue weighted by Gasteiger charge is 2.40. The van der Waals surface area contributed by atoms with E-state index in [0.29, 0.717) is 12.8 Å². The molecule has 0 bridgehead atoms. The highest BCUT2D eigenvalue weighted by atomic mass is 32.2. The molecule has 0 aliphatic heterocycles. The van der Waals surface area contributed by atoms with Gasteiger partial charge in [-0.3, -0.25) is 0 Å². The minimum absolute atomic E-state index is 0.0562. The maximum atomic E-state index is 12.1. The molecule has 21 heavy (non-hydrogen) atoms. The van der Waals surface area contributed by atoms with E-state index in [1.54, 1.807) is 0 Å². The van der Waals surface area contributed by atoms with Crippen molar-refractivity contribution in [3.8, 4) is 0 Å². The summed E-state index contributed by atoms with van der Waals surface area (Å²) in [5.74, 6) is 1.16. The molecule has 1 fully saturated rings. The first kappa shape index (κ1) is 18.1. The van der Waals surface area contributed by atoms with Crippen LogP contribution in [0.25, 0.3) is 0 Å². The van der Waals surface area contributed by atoms with E-state index in [0.717, 1.165) is 43.6 Å².